The molecule has 0 amide bonds. The number of para-hydroxylation sites is 1. The first-order valence-electron chi connectivity index (χ1n) is 4.47. The second-order valence-corrected chi connectivity index (χ2v) is 5.83. The zero-order valence-corrected chi connectivity index (χ0v) is 8.75. The fourth-order valence-electron chi connectivity index (χ4n) is 1.68. The Hall–Kier alpha value is -1.03. The molecule has 4 heteroatoms. The van der Waals surface area contributed by atoms with Gasteiger partial charge in [-0.05, 0) is 11.6 Å². The molecule has 0 saturated heterocycles. The van der Waals surface area contributed by atoms with Gasteiger partial charge >= 0.3 is 0 Å². The highest BCUT2D eigenvalue weighted by Gasteiger charge is 2.25. The molecule has 0 bridgehead atoms. The van der Waals surface area contributed by atoms with Crippen LogP contribution in [0.2, 0.25) is 0 Å². The normalized spacial score (nSPS) is 20.2. The Labute approximate surface area is 83.6 Å². The van der Waals surface area contributed by atoms with Gasteiger partial charge in [-0.1, -0.05) is 18.2 Å². The summed E-state index contributed by atoms with van der Waals surface area (Å²) >= 11 is 0. The Morgan fingerprint density at radius 1 is 1.43 bits per heavy atom. The topological polar surface area (TPSA) is 43.4 Å². The zero-order chi connectivity index (χ0) is 10.2. The lowest BCUT2D eigenvalue weighted by Crippen LogP contribution is -2.23. The van der Waals surface area contributed by atoms with Gasteiger partial charge in [0.1, 0.15) is 11.9 Å². The Bertz CT molecular complexity index is 411. The van der Waals surface area contributed by atoms with Crippen molar-refractivity contribution in [3.63, 3.8) is 0 Å². The summed E-state index contributed by atoms with van der Waals surface area (Å²) in [4.78, 5) is 0. The predicted octanol–water partition coefficient (Wildman–Crippen LogP) is 1.03. The van der Waals surface area contributed by atoms with E-state index in [-0.39, 0.29) is 11.9 Å². The molecule has 1 heterocycles. The summed E-state index contributed by atoms with van der Waals surface area (Å²) < 4.78 is 27.6. The van der Waals surface area contributed by atoms with E-state index in [0.29, 0.717) is 6.42 Å². The first kappa shape index (κ1) is 9.52. The van der Waals surface area contributed by atoms with Gasteiger partial charge in [0, 0.05) is 12.7 Å². The smallest absolute Gasteiger partial charge is 0.151 e. The monoisotopic (exact) mass is 212 g/mol. The predicted molar refractivity (Wildman–Crippen MR) is 54.3 cm³/mol. The second-order valence-electron chi connectivity index (χ2n) is 3.64. The minimum absolute atomic E-state index is 0.0989. The largest absolute Gasteiger partial charge is 0.489 e. The number of hydrogen-bond acceptors (Lipinski definition) is 3. The van der Waals surface area contributed by atoms with Gasteiger partial charge in [0.2, 0.25) is 0 Å². The zero-order valence-electron chi connectivity index (χ0n) is 7.93. The molecule has 0 aromatic heterocycles. The molecule has 0 aliphatic carbocycles. The van der Waals surface area contributed by atoms with Crippen LogP contribution in [0.25, 0.3) is 0 Å². The van der Waals surface area contributed by atoms with E-state index in [1.807, 2.05) is 24.3 Å². The van der Waals surface area contributed by atoms with Crippen LogP contribution < -0.4 is 4.74 Å². The summed E-state index contributed by atoms with van der Waals surface area (Å²) in [6.45, 7) is 0. The molecule has 1 aromatic rings. The molecule has 1 aliphatic heterocycles. The van der Waals surface area contributed by atoms with Crippen LogP contribution in [0.3, 0.4) is 0 Å². The van der Waals surface area contributed by atoms with Crippen molar-refractivity contribution >= 4 is 9.84 Å². The number of benzene rings is 1. The summed E-state index contributed by atoms with van der Waals surface area (Å²) in [5, 5.41) is 0. The van der Waals surface area contributed by atoms with Crippen molar-refractivity contribution in [3.8, 4) is 5.75 Å². The van der Waals surface area contributed by atoms with E-state index in [9.17, 15) is 8.42 Å². The van der Waals surface area contributed by atoms with Crippen LogP contribution >= 0.6 is 0 Å². The Morgan fingerprint density at radius 2 is 2.14 bits per heavy atom. The molecule has 0 saturated carbocycles. The molecule has 0 radical (unpaired) electrons. The van der Waals surface area contributed by atoms with E-state index in [0.717, 1.165) is 11.3 Å². The van der Waals surface area contributed by atoms with Crippen molar-refractivity contribution in [2.75, 3.05) is 12.0 Å². The third kappa shape index (κ3) is 2.07. The Kier molecular flexibility index (Phi) is 2.23. The van der Waals surface area contributed by atoms with Crippen molar-refractivity contribution in [2.45, 2.75) is 12.5 Å². The molecule has 0 spiro atoms. The molecule has 76 valence electrons. The van der Waals surface area contributed by atoms with Crippen molar-refractivity contribution in [1.29, 1.82) is 0 Å². The minimum atomic E-state index is -2.95. The average molecular weight is 212 g/mol. The van der Waals surface area contributed by atoms with Gasteiger partial charge < -0.3 is 4.74 Å². The summed E-state index contributed by atoms with van der Waals surface area (Å²) in [5.41, 5.74) is 1.10. The van der Waals surface area contributed by atoms with Crippen LogP contribution in [-0.2, 0) is 16.3 Å². The van der Waals surface area contributed by atoms with E-state index in [1.165, 1.54) is 6.26 Å². The molecule has 2 rings (SSSR count). The highest BCUT2D eigenvalue weighted by molar-refractivity contribution is 7.90. The van der Waals surface area contributed by atoms with E-state index in [4.69, 9.17) is 4.74 Å². The number of hydrogen-bond donors (Lipinski definition) is 0. The van der Waals surface area contributed by atoms with Crippen LogP contribution in [-0.4, -0.2) is 26.5 Å². The van der Waals surface area contributed by atoms with Gasteiger partial charge in [-0.25, -0.2) is 8.42 Å². The van der Waals surface area contributed by atoms with Crippen LogP contribution in [0.15, 0.2) is 24.3 Å². The van der Waals surface area contributed by atoms with Gasteiger partial charge in [0.15, 0.2) is 9.84 Å². The van der Waals surface area contributed by atoms with Crippen LogP contribution in [0.5, 0.6) is 5.75 Å². The third-order valence-corrected chi connectivity index (χ3v) is 3.18. The van der Waals surface area contributed by atoms with Gasteiger partial charge in [0.05, 0.1) is 5.75 Å². The van der Waals surface area contributed by atoms with Gasteiger partial charge in [-0.3, -0.25) is 0 Å². The molecule has 3 nitrogen and oxygen atoms in total. The van der Waals surface area contributed by atoms with E-state index in [2.05, 4.69) is 0 Å². The number of sulfone groups is 1. The van der Waals surface area contributed by atoms with Gasteiger partial charge in [-0.2, -0.15) is 0 Å². The molecule has 1 aliphatic rings. The first-order chi connectivity index (χ1) is 6.54. The summed E-state index contributed by atoms with van der Waals surface area (Å²) in [7, 11) is -2.95. The fraction of sp³-hybridized carbons (Fsp3) is 0.400. The van der Waals surface area contributed by atoms with Crippen molar-refractivity contribution < 1.29 is 13.2 Å². The molecule has 0 fully saturated rings. The lowest BCUT2D eigenvalue weighted by Gasteiger charge is -2.08. The van der Waals surface area contributed by atoms with Crippen LogP contribution in [0, 0.1) is 0 Å². The SMILES string of the molecule is CS(=O)(=O)CC1Cc2ccccc2O1. The number of fused-ring (bicyclic) bond motifs is 1. The Morgan fingerprint density at radius 3 is 2.79 bits per heavy atom. The summed E-state index contributed by atoms with van der Waals surface area (Å²) in [6, 6.07) is 7.67. The molecule has 1 atom stereocenters. The van der Waals surface area contributed by atoms with Gasteiger partial charge in [-0.15, -0.1) is 0 Å². The maximum absolute atomic E-state index is 11.1. The van der Waals surface area contributed by atoms with E-state index >= 15 is 0 Å². The maximum Gasteiger partial charge on any atom is 0.151 e. The molecule has 1 aromatic carbocycles. The first-order valence-corrected chi connectivity index (χ1v) is 6.53. The van der Waals surface area contributed by atoms with E-state index in [1.54, 1.807) is 0 Å². The van der Waals surface area contributed by atoms with E-state index < -0.39 is 9.84 Å². The third-order valence-electron chi connectivity index (χ3n) is 2.20. The standard InChI is InChI=1S/C10H12O3S/c1-14(11,12)7-9-6-8-4-2-3-5-10(8)13-9/h2-5,9H,6-7H2,1H3. The van der Waals surface area contributed by atoms with Crippen LogP contribution in [0.1, 0.15) is 5.56 Å². The molecule has 0 N–H and O–H groups in total. The van der Waals surface area contributed by atoms with Crippen molar-refractivity contribution in [3.05, 3.63) is 29.8 Å². The molecule has 1 unspecified atom stereocenters. The number of ether oxygens (including phenoxy) is 1. The lowest BCUT2D eigenvalue weighted by atomic mass is 10.1. The average Bonchev–Trinajstić information content (AvgIpc) is 2.42. The maximum atomic E-state index is 11.1. The fourth-order valence-corrected chi connectivity index (χ4v) is 2.55. The minimum Gasteiger partial charge on any atom is -0.489 e. The quantitative estimate of drug-likeness (QED) is 0.735. The lowest BCUT2D eigenvalue weighted by molar-refractivity contribution is 0.256. The Balaban J connectivity index is 2.13. The summed E-state index contributed by atoms with van der Waals surface area (Å²) in [5.74, 6) is 0.919. The highest BCUT2D eigenvalue weighted by atomic mass is 32.2. The summed E-state index contributed by atoms with van der Waals surface area (Å²) in [6.07, 6.45) is 1.73. The molecular formula is C10H12O3S. The number of rotatable bonds is 2. The van der Waals surface area contributed by atoms with Crippen molar-refractivity contribution in [2.24, 2.45) is 0 Å². The van der Waals surface area contributed by atoms with Crippen LogP contribution in [0.4, 0.5) is 0 Å². The highest BCUT2D eigenvalue weighted by Crippen LogP contribution is 2.28. The second kappa shape index (κ2) is 3.28. The molecular weight excluding hydrogens is 200 g/mol. The molecule has 14 heavy (non-hydrogen) atoms. The van der Waals surface area contributed by atoms with Crippen molar-refractivity contribution in [1.82, 2.24) is 0 Å². The van der Waals surface area contributed by atoms with Gasteiger partial charge in [0.25, 0.3) is 0 Å².